The Hall–Kier alpha value is -2.08. The Balaban J connectivity index is 2.06. The zero-order valence-electron chi connectivity index (χ0n) is 10.5. The Morgan fingerprint density at radius 2 is 2.16 bits per heavy atom. The molecule has 0 bridgehead atoms. The highest BCUT2D eigenvalue weighted by molar-refractivity contribution is 5.91. The molecular formula is C13H17N3O3. The second kappa shape index (κ2) is 5.71. The highest BCUT2D eigenvalue weighted by Crippen LogP contribution is 2.17. The molecule has 1 aliphatic rings. The fraction of sp³-hybridized carbons (Fsp3) is 0.385. The van der Waals surface area contributed by atoms with Gasteiger partial charge in [0, 0.05) is 24.8 Å². The van der Waals surface area contributed by atoms with E-state index in [9.17, 15) is 9.59 Å². The topological polar surface area (TPSA) is 95.7 Å². The van der Waals surface area contributed by atoms with E-state index in [0.717, 1.165) is 6.42 Å². The van der Waals surface area contributed by atoms with Crippen molar-refractivity contribution < 1.29 is 14.7 Å². The molecule has 4 N–H and O–H groups in total. The van der Waals surface area contributed by atoms with Gasteiger partial charge in [-0.1, -0.05) is 18.2 Å². The lowest BCUT2D eigenvalue weighted by Gasteiger charge is -2.18. The fourth-order valence-electron chi connectivity index (χ4n) is 2.13. The minimum absolute atomic E-state index is 0.0278. The van der Waals surface area contributed by atoms with Gasteiger partial charge in [0.1, 0.15) is 0 Å². The molecule has 2 amide bonds. The summed E-state index contributed by atoms with van der Waals surface area (Å²) in [6, 6.07) is 6.70. The van der Waals surface area contributed by atoms with E-state index in [1.807, 2.05) is 0 Å². The molecule has 0 spiro atoms. The number of nitrogens with one attached hydrogen (secondary N) is 1. The lowest BCUT2D eigenvalue weighted by molar-refractivity contribution is -0.136. The first-order chi connectivity index (χ1) is 9.06. The third-order valence-corrected chi connectivity index (χ3v) is 3.11. The molecule has 6 nitrogen and oxygen atoms in total. The van der Waals surface area contributed by atoms with Gasteiger partial charge in [0.25, 0.3) is 0 Å². The average Bonchev–Trinajstić information content (AvgIpc) is 2.78. The Morgan fingerprint density at radius 1 is 1.42 bits per heavy atom. The normalized spacial score (nSPS) is 18.4. The average molecular weight is 263 g/mol. The summed E-state index contributed by atoms with van der Waals surface area (Å²) in [6.07, 6.45) is 0.681. The molecule has 1 atom stereocenters. The summed E-state index contributed by atoms with van der Waals surface area (Å²) >= 11 is 0. The van der Waals surface area contributed by atoms with Crippen LogP contribution in [0, 0.1) is 0 Å². The van der Waals surface area contributed by atoms with Gasteiger partial charge in [-0.3, -0.25) is 4.79 Å². The highest BCUT2D eigenvalue weighted by Gasteiger charge is 2.24. The van der Waals surface area contributed by atoms with Gasteiger partial charge in [-0.15, -0.1) is 0 Å². The predicted octanol–water partition coefficient (Wildman–Crippen LogP) is 0.879. The number of hydrogen-bond donors (Lipinski definition) is 3. The van der Waals surface area contributed by atoms with Gasteiger partial charge < -0.3 is 21.1 Å². The molecule has 1 aliphatic heterocycles. The predicted molar refractivity (Wildman–Crippen MR) is 71.0 cm³/mol. The number of carboxylic acids is 1. The van der Waals surface area contributed by atoms with E-state index in [2.05, 4.69) is 5.32 Å². The van der Waals surface area contributed by atoms with Crippen LogP contribution in [0.25, 0.3) is 0 Å². The maximum Gasteiger partial charge on any atom is 0.321 e. The molecule has 1 unspecified atom stereocenters. The number of benzene rings is 1. The number of para-hydroxylation sites is 1. The van der Waals surface area contributed by atoms with Gasteiger partial charge in [0.05, 0.1) is 6.42 Å². The quantitative estimate of drug-likeness (QED) is 0.754. The first-order valence-corrected chi connectivity index (χ1v) is 6.17. The third-order valence-electron chi connectivity index (χ3n) is 3.11. The van der Waals surface area contributed by atoms with Gasteiger partial charge in [0.2, 0.25) is 0 Å². The maximum absolute atomic E-state index is 12.0. The van der Waals surface area contributed by atoms with Crippen LogP contribution < -0.4 is 11.1 Å². The van der Waals surface area contributed by atoms with Crippen LogP contribution in [-0.2, 0) is 11.2 Å². The van der Waals surface area contributed by atoms with Crippen LogP contribution in [-0.4, -0.2) is 41.1 Å². The summed E-state index contributed by atoms with van der Waals surface area (Å²) in [4.78, 5) is 24.4. The maximum atomic E-state index is 12.0. The van der Waals surface area contributed by atoms with Crippen molar-refractivity contribution in [1.82, 2.24) is 4.90 Å². The first kappa shape index (κ1) is 13.4. The lowest BCUT2D eigenvalue weighted by Crippen LogP contribution is -2.35. The van der Waals surface area contributed by atoms with Crippen molar-refractivity contribution in [3.8, 4) is 0 Å². The molecule has 0 aliphatic carbocycles. The van der Waals surface area contributed by atoms with Crippen molar-refractivity contribution in [1.29, 1.82) is 0 Å². The van der Waals surface area contributed by atoms with Crippen molar-refractivity contribution in [3.05, 3.63) is 29.8 Å². The Kier molecular flexibility index (Phi) is 4.01. The SMILES string of the molecule is NC1CCN(C(=O)Nc2ccccc2CC(=O)O)C1. The van der Waals surface area contributed by atoms with Crippen LogP contribution in [0.3, 0.4) is 0 Å². The molecule has 1 saturated heterocycles. The van der Waals surface area contributed by atoms with Crippen molar-refractivity contribution in [2.24, 2.45) is 5.73 Å². The van der Waals surface area contributed by atoms with Crippen LogP contribution in [0.15, 0.2) is 24.3 Å². The van der Waals surface area contributed by atoms with Gasteiger partial charge >= 0.3 is 12.0 Å². The van der Waals surface area contributed by atoms with E-state index < -0.39 is 5.97 Å². The highest BCUT2D eigenvalue weighted by atomic mass is 16.4. The number of carbonyl (C=O) groups excluding carboxylic acids is 1. The van der Waals surface area contributed by atoms with E-state index in [1.54, 1.807) is 29.2 Å². The monoisotopic (exact) mass is 263 g/mol. The Morgan fingerprint density at radius 3 is 2.79 bits per heavy atom. The van der Waals surface area contributed by atoms with Crippen LogP contribution in [0.2, 0.25) is 0 Å². The molecule has 0 saturated carbocycles. The minimum Gasteiger partial charge on any atom is -0.481 e. The summed E-state index contributed by atoms with van der Waals surface area (Å²) in [5.41, 5.74) is 6.88. The summed E-state index contributed by atoms with van der Waals surface area (Å²) in [5.74, 6) is -0.926. The fourth-order valence-corrected chi connectivity index (χ4v) is 2.13. The Bertz CT molecular complexity index is 490. The molecule has 102 valence electrons. The molecule has 19 heavy (non-hydrogen) atoms. The number of hydrogen-bond acceptors (Lipinski definition) is 3. The van der Waals surface area contributed by atoms with Crippen LogP contribution in [0.1, 0.15) is 12.0 Å². The summed E-state index contributed by atoms with van der Waals surface area (Å²) < 4.78 is 0. The number of aliphatic carboxylic acids is 1. The molecule has 1 aromatic rings. The second-order valence-electron chi connectivity index (χ2n) is 4.65. The number of nitrogens with two attached hydrogens (primary N) is 1. The Labute approximate surface area is 111 Å². The lowest BCUT2D eigenvalue weighted by atomic mass is 10.1. The number of amides is 2. The number of carbonyl (C=O) groups is 2. The smallest absolute Gasteiger partial charge is 0.321 e. The number of carboxylic acid groups (broad SMARTS) is 1. The zero-order chi connectivity index (χ0) is 13.8. The molecular weight excluding hydrogens is 246 g/mol. The second-order valence-corrected chi connectivity index (χ2v) is 4.65. The molecule has 6 heteroatoms. The number of urea groups is 1. The summed E-state index contributed by atoms with van der Waals surface area (Å²) in [5, 5.41) is 11.6. The van der Waals surface area contributed by atoms with Crippen molar-refractivity contribution >= 4 is 17.7 Å². The largest absolute Gasteiger partial charge is 0.481 e. The van der Waals surface area contributed by atoms with Crippen LogP contribution in [0.5, 0.6) is 0 Å². The van der Waals surface area contributed by atoms with E-state index in [-0.39, 0.29) is 18.5 Å². The third kappa shape index (κ3) is 3.45. The molecule has 1 aromatic carbocycles. The standard InChI is InChI=1S/C13H17N3O3/c14-10-5-6-16(8-10)13(19)15-11-4-2-1-3-9(11)7-12(17)18/h1-4,10H,5-8,14H2,(H,15,19)(H,17,18). The molecule has 1 fully saturated rings. The summed E-state index contributed by atoms with van der Waals surface area (Å²) in [7, 11) is 0. The van der Waals surface area contributed by atoms with E-state index in [0.29, 0.717) is 24.3 Å². The number of nitrogens with zero attached hydrogens (tertiary/aromatic N) is 1. The van der Waals surface area contributed by atoms with Crippen molar-refractivity contribution in [3.63, 3.8) is 0 Å². The van der Waals surface area contributed by atoms with Crippen molar-refractivity contribution in [2.75, 3.05) is 18.4 Å². The summed E-state index contributed by atoms with van der Waals surface area (Å²) in [6.45, 7) is 1.17. The van der Waals surface area contributed by atoms with Gasteiger partial charge in [-0.2, -0.15) is 0 Å². The van der Waals surface area contributed by atoms with Crippen LogP contribution in [0.4, 0.5) is 10.5 Å². The van der Waals surface area contributed by atoms with Gasteiger partial charge in [-0.25, -0.2) is 4.79 Å². The van der Waals surface area contributed by atoms with Crippen LogP contribution >= 0.6 is 0 Å². The number of anilines is 1. The number of likely N-dealkylation sites (tertiary alicyclic amines) is 1. The van der Waals surface area contributed by atoms with Gasteiger partial charge in [0.15, 0.2) is 0 Å². The van der Waals surface area contributed by atoms with E-state index >= 15 is 0 Å². The van der Waals surface area contributed by atoms with E-state index in [1.165, 1.54) is 0 Å². The van der Waals surface area contributed by atoms with Crippen molar-refractivity contribution in [2.45, 2.75) is 18.9 Å². The molecule has 2 rings (SSSR count). The molecule has 0 radical (unpaired) electrons. The minimum atomic E-state index is -0.926. The first-order valence-electron chi connectivity index (χ1n) is 6.17. The van der Waals surface area contributed by atoms with E-state index in [4.69, 9.17) is 10.8 Å². The molecule has 1 heterocycles. The number of rotatable bonds is 3. The zero-order valence-corrected chi connectivity index (χ0v) is 10.5. The van der Waals surface area contributed by atoms with Gasteiger partial charge in [-0.05, 0) is 18.1 Å². The molecule has 0 aromatic heterocycles.